The summed E-state index contributed by atoms with van der Waals surface area (Å²) in [6, 6.07) is 6.86. The third-order valence-electron chi connectivity index (χ3n) is 3.80. The minimum Gasteiger partial charge on any atom is -0.449 e. The Morgan fingerprint density at radius 1 is 1.40 bits per heavy atom. The minimum absolute atomic E-state index is 0.171. The predicted molar refractivity (Wildman–Crippen MR) is 70.3 cm³/mol. The fourth-order valence-electron chi connectivity index (χ4n) is 2.90. The maximum atomic E-state index is 12.7. The third kappa shape index (κ3) is 1.41. The molecule has 3 amide bonds. The molecule has 0 aliphatic carbocycles. The molecule has 3 rings (SSSR count). The van der Waals surface area contributed by atoms with Crippen molar-refractivity contribution >= 4 is 23.6 Å². The lowest BCUT2D eigenvalue weighted by molar-refractivity contribution is -0.132. The van der Waals surface area contributed by atoms with Crippen LogP contribution in [-0.4, -0.2) is 31.1 Å². The maximum Gasteiger partial charge on any atom is 0.421 e. The summed E-state index contributed by atoms with van der Waals surface area (Å²) in [5.74, 6) is -0.867. The molecular weight excluding hydrogens is 260 g/mol. The van der Waals surface area contributed by atoms with E-state index in [4.69, 9.17) is 4.74 Å². The third-order valence-corrected chi connectivity index (χ3v) is 3.80. The zero-order chi connectivity index (χ0) is 14.3. The second-order valence-corrected chi connectivity index (χ2v) is 4.77. The van der Waals surface area contributed by atoms with Gasteiger partial charge in [0.2, 0.25) is 5.91 Å². The Balaban J connectivity index is 2.16. The average molecular weight is 274 g/mol. The number of hydrogen-bond acceptors (Lipinski definition) is 4. The molecule has 0 bridgehead atoms. The molecule has 20 heavy (non-hydrogen) atoms. The largest absolute Gasteiger partial charge is 0.449 e. The molecule has 0 saturated carbocycles. The van der Waals surface area contributed by atoms with Crippen LogP contribution in [0.3, 0.4) is 0 Å². The molecule has 1 saturated heterocycles. The SMILES string of the molecule is CCOC(=O)N1C(=O)C2(CCNC2=O)c2ccccc21. The highest BCUT2D eigenvalue weighted by Crippen LogP contribution is 2.46. The van der Waals surface area contributed by atoms with Crippen LogP contribution in [0.2, 0.25) is 0 Å². The summed E-state index contributed by atoms with van der Waals surface area (Å²) in [6.07, 6.45) is -0.376. The number of carbonyl (C=O) groups is 3. The molecule has 6 heteroatoms. The quantitative estimate of drug-likeness (QED) is 0.773. The van der Waals surface area contributed by atoms with Crippen LogP contribution in [0.15, 0.2) is 24.3 Å². The van der Waals surface area contributed by atoms with E-state index in [1.807, 2.05) is 0 Å². The smallest absolute Gasteiger partial charge is 0.421 e. The van der Waals surface area contributed by atoms with E-state index < -0.39 is 17.4 Å². The van der Waals surface area contributed by atoms with Gasteiger partial charge in [-0.2, -0.15) is 0 Å². The summed E-state index contributed by atoms with van der Waals surface area (Å²) in [5, 5.41) is 2.68. The van der Waals surface area contributed by atoms with E-state index in [2.05, 4.69) is 5.32 Å². The number of imide groups is 1. The fraction of sp³-hybridized carbons (Fsp3) is 0.357. The molecule has 1 aromatic rings. The number of carbonyl (C=O) groups excluding carboxylic acids is 3. The van der Waals surface area contributed by atoms with E-state index in [9.17, 15) is 14.4 Å². The van der Waals surface area contributed by atoms with E-state index in [-0.39, 0.29) is 12.5 Å². The second kappa shape index (κ2) is 4.33. The first-order valence-electron chi connectivity index (χ1n) is 6.52. The van der Waals surface area contributed by atoms with Crippen LogP contribution in [0.25, 0.3) is 0 Å². The van der Waals surface area contributed by atoms with Gasteiger partial charge in [-0.05, 0) is 19.4 Å². The summed E-state index contributed by atoms with van der Waals surface area (Å²) < 4.78 is 4.93. The van der Waals surface area contributed by atoms with Gasteiger partial charge in [-0.3, -0.25) is 9.59 Å². The van der Waals surface area contributed by atoms with Gasteiger partial charge in [-0.1, -0.05) is 18.2 Å². The molecule has 1 fully saturated rings. The molecule has 104 valence electrons. The lowest BCUT2D eigenvalue weighted by atomic mass is 9.80. The van der Waals surface area contributed by atoms with Crippen molar-refractivity contribution in [1.29, 1.82) is 0 Å². The highest BCUT2D eigenvalue weighted by Gasteiger charge is 2.60. The van der Waals surface area contributed by atoms with Crippen LogP contribution in [0.5, 0.6) is 0 Å². The van der Waals surface area contributed by atoms with E-state index in [1.54, 1.807) is 31.2 Å². The topological polar surface area (TPSA) is 75.7 Å². The average Bonchev–Trinajstić information content (AvgIpc) is 2.93. The van der Waals surface area contributed by atoms with Gasteiger partial charge >= 0.3 is 6.09 Å². The van der Waals surface area contributed by atoms with Gasteiger partial charge in [0.15, 0.2) is 5.41 Å². The number of benzene rings is 1. The van der Waals surface area contributed by atoms with Gasteiger partial charge in [-0.25, -0.2) is 9.69 Å². The molecule has 0 radical (unpaired) electrons. The monoisotopic (exact) mass is 274 g/mol. The molecule has 2 heterocycles. The van der Waals surface area contributed by atoms with Crippen molar-refractivity contribution in [2.45, 2.75) is 18.8 Å². The summed E-state index contributed by atoms with van der Waals surface area (Å²) in [5.41, 5.74) is -0.260. The van der Waals surface area contributed by atoms with Crippen LogP contribution >= 0.6 is 0 Å². The van der Waals surface area contributed by atoms with Crippen molar-refractivity contribution in [1.82, 2.24) is 5.32 Å². The van der Waals surface area contributed by atoms with Crippen molar-refractivity contribution < 1.29 is 19.1 Å². The number of nitrogens with one attached hydrogen (secondary N) is 1. The minimum atomic E-state index is -1.27. The second-order valence-electron chi connectivity index (χ2n) is 4.77. The van der Waals surface area contributed by atoms with Gasteiger partial charge in [-0.15, -0.1) is 0 Å². The number of rotatable bonds is 1. The van der Waals surface area contributed by atoms with E-state index in [0.717, 1.165) is 4.90 Å². The summed E-state index contributed by atoms with van der Waals surface area (Å²) >= 11 is 0. The first-order valence-corrected chi connectivity index (χ1v) is 6.52. The predicted octanol–water partition coefficient (Wildman–Crippen LogP) is 0.947. The molecule has 1 unspecified atom stereocenters. The Labute approximate surface area is 115 Å². The molecule has 1 aromatic carbocycles. The number of ether oxygens (including phenoxy) is 1. The summed E-state index contributed by atoms with van der Waals surface area (Å²) in [4.78, 5) is 37.9. The highest BCUT2D eigenvalue weighted by molar-refractivity contribution is 6.29. The fourth-order valence-corrected chi connectivity index (χ4v) is 2.90. The first kappa shape index (κ1) is 12.7. The lowest BCUT2D eigenvalue weighted by Crippen LogP contribution is -2.47. The molecule has 1 spiro atoms. The van der Waals surface area contributed by atoms with Gasteiger partial charge < -0.3 is 10.1 Å². The normalized spacial score (nSPS) is 23.9. The van der Waals surface area contributed by atoms with Gasteiger partial charge in [0.05, 0.1) is 12.3 Å². The molecule has 2 aliphatic rings. The standard InChI is InChI=1S/C14H14N2O4/c1-2-20-13(19)16-10-6-4-3-5-9(10)14(12(16)18)7-8-15-11(14)17/h3-6H,2,7-8H2,1H3,(H,15,17). The van der Waals surface area contributed by atoms with Crippen LogP contribution in [-0.2, 0) is 19.7 Å². The van der Waals surface area contributed by atoms with Crippen molar-refractivity contribution in [3.63, 3.8) is 0 Å². The Hall–Kier alpha value is -2.37. The van der Waals surface area contributed by atoms with Crippen molar-refractivity contribution in [3.8, 4) is 0 Å². The summed E-state index contributed by atoms with van der Waals surface area (Å²) in [6.45, 7) is 2.27. The lowest BCUT2D eigenvalue weighted by Gasteiger charge is -2.19. The molecule has 2 aliphatic heterocycles. The molecule has 1 N–H and O–H groups in total. The first-order chi connectivity index (χ1) is 9.63. The van der Waals surface area contributed by atoms with E-state index in [1.165, 1.54) is 0 Å². The molecule has 6 nitrogen and oxygen atoms in total. The number of hydrogen-bond donors (Lipinski definition) is 1. The molecule has 0 aromatic heterocycles. The Kier molecular flexibility index (Phi) is 2.74. The highest BCUT2D eigenvalue weighted by atomic mass is 16.6. The van der Waals surface area contributed by atoms with Crippen LogP contribution in [0, 0.1) is 0 Å². The Bertz CT molecular complexity index is 613. The number of amides is 3. The Morgan fingerprint density at radius 3 is 2.80 bits per heavy atom. The zero-order valence-electron chi connectivity index (χ0n) is 11.0. The van der Waals surface area contributed by atoms with Gasteiger partial charge in [0.1, 0.15) is 0 Å². The van der Waals surface area contributed by atoms with Crippen molar-refractivity contribution in [3.05, 3.63) is 29.8 Å². The van der Waals surface area contributed by atoms with Crippen LogP contribution in [0.1, 0.15) is 18.9 Å². The molecule has 1 atom stereocenters. The zero-order valence-corrected chi connectivity index (χ0v) is 11.0. The van der Waals surface area contributed by atoms with Crippen LogP contribution in [0.4, 0.5) is 10.5 Å². The van der Waals surface area contributed by atoms with Crippen molar-refractivity contribution in [2.24, 2.45) is 0 Å². The molecular formula is C14H14N2O4. The summed E-state index contributed by atoms with van der Waals surface area (Å²) in [7, 11) is 0. The van der Waals surface area contributed by atoms with Crippen molar-refractivity contribution in [2.75, 3.05) is 18.1 Å². The number of anilines is 1. The van der Waals surface area contributed by atoms with E-state index >= 15 is 0 Å². The number of para-hydroxylation sites is 1. The van der Waals surface area contributed by atoms with Crippen LogP contribution < -0.4 is 10.2 Å². The van der Waals surface area contributed by atoms with Gasteiger partial charge in [0.25, 0.3) is 5.91 Å². The Morgan fingerprint density at radius 2 is 2.15 bits per heavy atom. The number of nitrogens with zero attached hydrogens (tertiary/aromatic N) is 1. The number of fused-ring (bicyclic) bond motifs is 2. The van der Waals surface area contributed by atoms with Gasteiger partial charge in [0, 0.05) is 12.1 Å². The van der Waals surface area contributed by atoms with E-state index in [0.29, 0.717) is 24.2 Å². The maximum absolute atomic E-state index is 12.7.